The maximum atomic E-state index is 11.7. The van der Waals surface area contributed by atoms with Crippen molar-refractivity contribution in [3.63, 3.8) is 0 Å². The summed E-state index contributed by atoms with van der Waals surface area (Å²) in [6.07, 6.45) is 7.39. The normalized spacial score (nSPS) is 10.9. The Morgan fingerprint density at radius 2 is 2.00 bits per heavy atom. The summed E-state index contributed by atoms with van der Waals surface area (Å²) in [6.45, 7) is 2.67. The van der Waals surface area contributed by atoms with E-state index in [0.29, 0.717) is 6.54 Å². The van der Waals surface area contributed by atoms with E-state index in [1.54, 1.807) is 21.5 Å². The lowest BCUT2D eigenvalue weighted by Crippen LogP contribution is -2.18. The van der Waals surface area contributed by atoms with Crippen molar-refractivity contribution in [1.29, 1.82) is 0 Å². The van der Waals surface area contributed by atoms with Gasteiger partial charge in [0.05, 0.1) is 17.6 Å². The summed E-state index contributed by atoms with van der Waals surface area (Å²) in [5.74, 6) is -0.199. The van der Waals surface area contributed by atoms with E-state index in [1.807, 2.05) is 18.3 Å². The Hall–Kier alpha value is -2.89. The molecule has 0 fully saturated rings. The van der Waals surface area contributed by atoms with Crippen LogP contribution < -0.4 is 5.56 Å². The van der Waals surface area contributed by atoms with Crippen LogP contribution >= 0.6 is 0 Å². The van der Waals surface area contributed by atoms with Crippen LogP contribution in [0.15, 0.2) is 53.6 Å². The molecule has 1 aromatic carbocycles. The number of benzene rings is 1. The van der Waals surface area contributed by atoms with Crippen LogP contribution in [0, 0.1) is 6.92 Å². The number of nitrogens with zero attached hydrogens (tertiary/aromatic N) is 4. The highest BCUT2D eigenvalue weighted by Gasteiger charge is 2.04. The number of unbranched alkanes of at least 4 members (excludes halogenated alkanes) is 2. The molecule has 6 heteroatoms. The number of rotatable bonds is 7. The summed E-state index contributed by atoms with van der Waals surface area (Å²) in [4.78, 5) is 11.7. The van der Waals surface area contributed by atoms with Crippen molar-refractivity contribution in [3.8, 4) is 11.4 Å². The number of aryl methyl sites for hydroxylation is 3. The van der Waals surface area contributed by atoms with Crippen LogP contribution in [0.4, 0.5) is 0 Å². The molecular weight excluding hydrogens is 316 g/mol. The Bertz CT molecular complexity index is 898. The largest absolute Gasteiger partial charge is 0.503 e. The first-order chi connectivity index (χ1) is 12.1. The van der Waals surface area contributed by atoms with Gasteiger partial charge in [-0.25, -0.2) is 4.68 Å². The Labute approximate surface area is 146 Å². The maximum absolute atomic E-state index is 11.7. The minimum Gasteiger partial charge on any atom is -0.503 e. The molecule has 0 aliphatic rings. The predicted molar refractivity (Wildman–Crippen MR) is 96.0 cm³/mol. The summed E-state index contributed by atoms with van der Waals surface area (Å²) < 4.78 is 3.35. The highest BCUT2D eigenvalue weighted by molar-refractivity contribution is 5.34. The monoisotopic (exact) mass is 338 g/mol. The van der Waals surface area contributed by atoms with Gasteiger partial charge in [-0.3, -0.25) is 4.79 Å². The van der Waals surface area contributed by atoms with Gasteiger partial charge >= 0.3 is 0 Å². The third-order valence-corrected chi connectivity index (χ3v) is 4.14. The third-order valence-electron chi connectivity index (χ3n) is 4.14. The van der Waals surface area contributed by atoms with Crippen LogP contribution in [0.25, 0.3) is 5.69 Å². The topological polar surface area (TPSA) is 72.9 Å². The highest BCUT2D eigenvalue weighted by Crippen LogP contribution is 2.11. The average Bonchev–Trinajstić information content (AvgIpc) is 3.07. The lowest BCUT2D eigenvalue weighted by atomic mass is 10.1. The molecule has 0 aliphatic carbocycles. The molecule has 2 aromatic heterocycles. The van der Waals surface area contributed by atoms with Crippen LogP contribution in [-0.4, -0.2) is 24.7 Å². The summed E-state index contributed by atoms with van der Waals surface area (Å²) >= 11 is 0. The van der Waals surface area contributed by atoms with Crippen molar-refractivity contribution in [2.45, 2.75) is 39.2 Å². The molecule has 6 nitrogen and oxygen atoms in total. The lowest BCUT2D eigenvalue weighted by molar-refractivity contribution is 0.453. The molecule has 3 aromatic rings. The summed E-state index contributed by atoms with van der Waals surface area (Å²) in [7, 11) is 0. The Morgan fingerprint density at radius 1 is 1.12 bits per heavy atom. The van der Waals surface area contributed by atoms with Gasteiger partial charge in [0.1, 0.15) is 0 Å². The Kier molecular flexibility index (Phi) is 5.28. The van der Waals surface area contributed by atoms with Gasteiger partial charge in [-0.05, 0) is 56.0 Å². The fourth-order valence-corrected chi connectivity index (χ4v) is 2.77. The zero-order chi connectivity index (χ0) is 17.6. The highest BCUT2D eigenvalue weighted by atomic mass is 16.3. The van der Waals surface area contributed by atoms with E-state index < -0.39 is 0 Å². The van der Waals surface area contributed by atoms with E-state index in [1.165, 1.54) is 11.6 Å². The van der Waals surface area contributed by atoms with Crippen molar-refractivity contribution < 1.29 is 5.11 Å². The van der Waals surface area contributed by atoms with Crippen molar-refractivity contribution in [3.05, 3.63) is 70.4 Å². The Morgan fingerprint density at radius 3 is 2.84 bits per heavy atom. The minimum absolute atomic E-state index is 0.199. The second-order valence-corrected chi connectivity index (χ2v) is 6.20. The van der Waals surface area contributed by atoms with Gasteiger partial charge in [0.25, 0.3) is 5.56 Å². The number of aromatic nitrogens is 4. The molecule has 0 amide bonds. The Balaban J connectivity index is 1.47. The molecule has 1 N–H and O–H groups in total. The second kappa shape index (κ2) is 7.79. The SMILES string of the molecule is Cc1cccc(-n2cc(CCCCCn3cccc(O)c3=O)nn2)c1. The van der Waals surface area contributed by atoms with Crippen LogP contribution in [0.5, 0.6) is 5.75 Å². The zero-order valence-corrected chi connectivity index (χ0v) is 14.3. The standard InChI is InChI=1S/C19H22N4O2/c1-15-7-5-9-17(13-15)23-14-16(20-21-23)8-3-2-4-11-22-12-6-10-18(24)19(22)25/h5-7,9-10,12-14,24H,2-4,8,11H2,1H3. The van der Waals surface area contributed by atoms with E-state index in [-0.39, 0.29) is 11.3 Å². The predicted octanol–water partition coefficient (Wildman–Crippen LogP) is 2.86. The molecule has 0 atom stereocenters. The van der Waals surface area contributed by atoms with Crippen molar-refractivity contribution in [2.24, 2.45) is 0 Å². The first-order valence-electron chi connectivity index (χ1n) is 8.50. The van der Waals surface area contributed by atoms with Gasteiger partial charge in [0.15, 0.2) is 5.75 Å². The fraction of sp³-hybridized carbons (Fsp3) is 0.316. The molecule has 3 rings (SSSR count). The molecule has 25 heavy (non-hydrogen) atoms. The molecule has 0 spiro atoms. The quantitative estimate of drug-likeness (QED) is 0.672. The molecule has 0 unspecified atom stereocenters. The van der Waals surface area contributed by atoms with Crippen LogP contribution in [-0.2, 0) is 13.0 Å². The van der Waals surface area contributed by atoms with Gasteiger partial charge in [-0.1, -0.05) is 23.8 Å². The fourth-order valence-electron chi connectivity index (χ4n) is 2.77. The first-order valence-corrected chi connectivity index (χ1v) is 8.50. The van der Waals surface area contributed by atoms with E-state index in [4.69, 9.17) is 0 Å². The van der Waals surface area contributed by atoms with E-state index >= 15 is 0 Å². The second-order valence-electron chi connectivity index (χ2n) is 6.20. The van der Waals surface area contributed by atoms with Gasteiger partial charge in [-0.2, -0.15) is 0 Å². The maximum Gasteiger partial charge on any atom is 0.292 e. The first kappa shape index (κ1) is 17.0. The van der Waals surface area contributed by atoms with Gasteiger partial charge in [0, 0.05) is 12.7 Å². The van der Waals surface area contributed by atoms with Crippen molar-refractivity contribution >= 4 is 0 Å². The molecule has 2 heterocycles. The van der Waals surface area contributed by atoms with E-state index in [9.17, 15) is 9.90 Å². The molecule has 0 aliphatic heterocycles. The van der Waals surface area contributed by atoms with Crippen LogP contribution in [0.1, 0.15) is 30.5 Å². The number of aromatic hydroxyl groups is 1. The molecule has 130 valence electrons. The smallest absolute Gasteiger partial charge is 0.292 e. The van der Waals surface area contributed by atoms with Gasteiger partial charge in [0.2, 0.25) is 0 Å². The zero-order valence-electron chi connectivity index (χ0n) is 14.3. The molecular formula is C19H22N4O2. The third kappa shape index (κ3) is 4.35. The van der Waals surface area contributed by atoms with E-state index in [0.717, 1.165) is 37.1 Å². The van der Waals surface area contributed by atoms with Crippen LogP contribution in [0.3, 0.4) is 0 Å². The van der Waals surface area contributed by atoms with Gasteiger partial charge in [-0.15, -0.1) is 5.10 Å². The van der Waals surface area contributed by atoms with E-state index in [2.05, 4.69) is 29.4 Å². The number of hydrogen-bond acceptors (Lipinski definition) is 4. The molecule has 0 bridgehead atoms. The summed E-state index contributed by atoms with van der Waals surface area (Å²) in [5, 5.41) is 17.8. The van der Waals surface area contributed by atoms with Crippen LogP contribution in [0.2, 0.25) is 0 Å². The number of pyridine rings is 1. The molecule has 0 saturated carbocycles. The molecule has 0 saturated heterocycles. The summed E-state index contributed by atoms with van der Waals surface area (Å²) in [5.41, 5.74) is 2.85. The summed E-state index contributed by atoms with van der Waals surface area (Å²) in [6, 6.07) is 11.2. The minimum atomic E-state index is -0.330. The van der Waals surface area contributed by atoms with Crippen molar-refractivity contribution in [1.82, 2.24) is 19.6 Å². The average molecular weight is 338 g/mol. The van der Waals surface area contributed by atoms with Crippen molar-refractivity contribution in [2.75, 3.05) is 0 Å². The molecule has 0 radical (unpaired) electrons. The lowest BCUT2D eigenvalue weighted by Gasteiger charge is -2.05. The van der Waals surface area contributed by atoms with Gasteiger partial charge < -0.3 is 9.67 Å². The number of hydrogen-bond donors (Lipinski definition) is 1.